The largest absolute Gasteiger partial charge is 0.361 e. The first-order valence-corrected chi connectivity index (χ1v) is 10.5. The molecule has 1 heterocycles. The van der Waals surface area contributed by atoms with E-state index in [4.69, 9.17) is 0 Å². The zero-order chi connectivity index (χ0) is 21.3. The van der Waals surface area contributed by atoms with Gasteiger partial charge in [-0.25, -0.2) is 14.2 Å². The second-order valence-electron chi connectivity index (χ2n) is 6.54. The SMILES string of the molecule is CCc1ccccc1C(=O)c1cnc(NCCCNC(=O)Nc2cccc(F)c2)s1. The lowest BCUT2D eigenvalue weighted by Gasteiger charge is -2.08. The monoisotopic (exact) mass is 426 g/mol. The van der Waals surface area contributed by atoms with Crippen molar-refractivity contribution in [3.63, 3.8) is 0 Å². The number of hydrogen-bond acceptors (Lipinski definition) is 5. The van der Waals surface area contributed by atoms with Crippen molar-refractivity contribution in [2.45, 2.75) is 19.8 Å². The molecule has 3 aromatic rings. The molecule has 8 heteroatoms. The number of amides is 2. The predicted octanol–water partition coefficient (Wildman–Crippen LogP) is 4.70. The summed E-state index contributed by atoms with van der Waals surface area (Å²) in [4.78, 5) is 29.4. The molecule has 0 saturated heterocycles. The summed E-state index contributed by atoms with van der Waals surface area (Å²) in [5, 5.41) is 9.11. The van der Waals surface area contributed by atoms with Gasteiger partial charge in [0.2, 0.25) is 5.78 Å². The van der Waals surface area contributed by atoms with E-state index in [9.17, 15) is 14.0 Å². The molecular formula is C22H23FN4O2S. The molecule has 3 N–H and O–H groups in total. The van der Waals surface area contributed by atoms with Crippen molar-refractivity contribution in [2.24, 2.45) is 0 Å². The average molecular weight is 427 g/mol. The van der Waals surface area contributed by atoms with Crippen LogP contribution in [0.2, 0.25) is 0 Å². The van der Waals surface area contributed by atoms with Crippen LogP contribution < -0.4 is 16.0 Å². The highest BCUT2D eigenvalue weighted by Gasteiger charge is 2.15. The quantitative estimate of drug-likeness (QED) is 0.342. The van der Waals surface area contributed by atoms with Crippen molar-refractivity contribution < 1.29 is 14.0 Å². The van der Waals surface area contributed by atoms with E-state index in [1.165, 1.54) is 29.5 Å². The van der Waals surface area contributed by atoms with Gasteiger partial charge in [0.05, 0.1) is 11.1 Å². The molecule has 0 atom stereocenters. The number of halogens is 1. The van der Waals surface area contributed by atoms with Crippen molar-refractivity contribution in [3.05, 3.63) is 76.5 Å². The molecule has 0 bridgehead atoms. The van der Waals surface area contributed by atoms with Crippen LogP contribution >= 0.6 is 11.3 Å². The van der Waals surface area contributed by atoms with E-state index in [2.05, 4.69) is 20.9 Å². The molecule has 0 aliphatic rings. The lowest BCUT2D eigenvalue weighted by Crippen LogP contribution is -2.30. The summed E-state index contributed by atoms with van der Waals surface area (Å²) < 4.78 is 13.1. The van der Waals surface area contributed by atoms with E-state index in [1.807, 2.05) is 31.2 Å². The van der Waals surface area contributed by atoms with Crippen LogP contribution in [0.4, 0.5) is 20.0 Å². The maximum Gasteiger partial charge on any atom is 0.319 e. The smallest absolute Gasteiger partial charge is 0.319 e. The molecule has 0 aliphatic heterocycles. The minimum absolute atomic E-state index is 0.0197. The molecule has 0 fully saturated rings. The number of thiazole rings is 1. The topological polar surface area (TPSA) is 83.1 Å². The van der Waals surface area contributed by atoms with E-state index in [0.29, 0.717) is 40.8 Å². The zero-order valence-electron chi connectivity index (χ0n) is 16.6. The molecule has 2 amide bonds. The minimum atomic E-state index is -0.406. The van der Waals surface area contributed by atoms with Crippen molar-refractivity contribution in [3.8, 4) is 0 Å². The van der Waals surface area contributed by atoms with Crippen LogP contribution in [0.25, 0.3) is 0 Å². The van der Waals surface area contributed by atoms with Crippen molar-refractivity contribution in [1.82, 2.24) is 10.3 Å². The number of urea groups is 1. The number of aryl methyl sites for hydroxylation is 1. The van der Waals surface area contributed by atoms with Crippen molar-refractivity contribution >= 4 is 34.0 Å². The standard InChI is InChI=1S/C22H23FN4O2S/c1-2-15-7-3-4-10-18(15)20(28)19-14-26-22(30-19)25-12-6-11-24-21(29)27-17-9-5-8-16(23)13-17/h3-5,7-10,13-14H,2,6,11-12H2,1H3,(H,25,26)(H2,24,27,29). The van der Waals surface area contributed by atoms with Crippen LogP contribution in [0.3, 0.4) is 0 Å². The molecule has 30 heavy (non-hydrogen) atoms. The predicted molar refractivity (Wildman–Crippen MR) is 118 cm³/mol. The second-order valence-corrected chi connectivity index (χ2v) is 7.57. The number of nitrogens with zero attached hydrogens (tertiary/aromatic N) is 1. The van der Waals surface area contributed by atoms with Gasteiger partial charge >= 0.3 is 6.03 Å². The summed E-state index contributed by atoms with van der Waals surface area (Å²) >= 11 is 1.32. The normalized spacial score (nSPS) is 10.5. The van der Waals surface area contributed by atoms with Gasteiger partial charge in [-0.05, 0) is 36.6 Å². The van der Waals surface area contributed by atoms with Gasteiger partial charge in [-0.3, -0.25) is 4.79 Å². The Morgan fingerprint density at radius 3 is 2.73 bits per heavy atom. The number of carbonyl (C=O) groups is 2. The number of nitrogens with one attached hydrogen (secondary N) is 3. The van der Waals surface area contributed by atoms with Crippen LogP contribution in [0.5, 0.6) is 0 Å². The Bertz CT molecular complexity index is 1020. The highest BCUT2D eigenvalue weighted by Crippen LogP contribution is 2.23. The lowest BCUT2D eigenvalue weighted by atomic mass is 10.0. The van der Waals surface area contributed by atoms with Crippen LogP contribution in [0.1, 0.15) is 34.1 Å². The second kappa shape index (κ2) is 10.5. The van der Waals surface area contributed by atoms with Crippen LogP contribution in [-0.2, 0) is 6.42 Å². The molecule has 2 aromatic carbocycles. The Morgan fingerprint density at radius 1 is 1.10 bits per heavy atom. The molecule has 0 unspecified atom stereocenters. The van der Waals surface area contributed by atoms with Crippen molar-refractivity contribution in [2.75, 3.05) is 23.7 Å². The van der Waals surface area contributed by atoms with Crippen LogP contribution in [0.15, 0.2) is 54.7 Å². The van der Waals surface area contributed by atoms with Gasteiger partial charge in [0.15, 0.2) is 5.13 Å². The summed E-state index contributed by atoms with van der Waals surface area (Å²) in [5.74, 6) is -0.426. The average Bonchev–Trinajstić information content (AvgIpc) is 3.22. The van der Waals surface area contributed by atoms with Gasteiger partial charge in [0.1, 0.15) is 5.82 Å². The maximum atomic E-state index is 13.1. The number of anilines is 2. The van der Waals surface area contributed by atoms with Crippen molar-refractivity contribution in [1.29, 1.82) is 0 Å². The summed E-state index contributed by atoms with van der Waals surface area (Å²) in [5.41, 5.74) is 2.13. The number of rotatable bonds is 9. The number of ketones is 1. The van der Waals surface area contributed by atoms with Crippen LogP contribution in [-0.4, -0.2) is 29.9 Å². The molecule has 3 rings (SSSR count). The fraction of sp³-hybridized carbons (Fsp3) is 0.227. The van der Waals surface area contributed by atoms with Gasteiger partial charge < -0.3 is 16.0 Å². The summed E-state index contributed by atoms with van der Waals surface area (Å²) in [6.07, 6.45) is 3.05. The first-order chi connectivity index (χ1) is 14.6. The Kier molecular flexibility index (Phi) is 7.51. The third-order valence-corrected chi connectivity index (χ3v) is 5.32. The highest BCUT2D eigenvalue weighted by molar-refractivity contribution is 7.17. The third-order valence-electron chi connectivity index (χ3n) is 4.37. The maximum absolute atomic E-state index is 13.1. The Labute approximate surface area is 178 Å². The number of hydrogen-bond donors (Lipinski definition) is 3. The molecule has 6 nitrogen and oxygen atoms in total. The first-order valence-electron chi connectivity index (χ1n) is 9.69. The molecule has 0 aliphatic carbocycles. The van der Waals surface area contributed by atoms with E-state index >= 15 is 0 Å². The number of carbonyl (C=O) groups excluding carboxylic acids is 2. The fourth-order valence-corrected chi connectivity index (χ4v) is 3.67. The molecule has 156 valence electrons. The van der Waals surface area contributed by atoms with Gasteiger partial charge in [-0.15, -0.1) is 0 Å². The molecular weight excluding hydrogens is 403 g/mol. The van der Waals surface area contributed by atoms with E-state index in [0.717, 1.165) is 12.0 Å². The first kappa shape index (κ1) is 21.4. The van der Waals surface area contributed by atoms with E-state index in [1.54, 1.807) is 12.3 Å². The van der Waals surface area contributed by atoms with Gasteiger partial charge in [0, 0.05) is 24.3 Å². The highest BCUT2D eigenvalue weighted by atomic mass is 32.1. The Morgan fingerprint density at radius 2 is 1.93 bits per heavy atom. The molecule has 1 aromatic heterocycles. The van der Waals surface area contributed by atoms with Crippen LogP contribution in [0, 0.1) is 5.82 Å². The number of benzene rings is 2. The summed E-state index contributed by atoms with van der Waals surface area (Å²) in [7, 11) is 0. The molecule has 0 saturated carbocycles. The molecule has 0 spiro atoms. The van der Waals surface area contributed by atoms with E-state index < -0.39 is 11.8 Å². The Hall–Kier alpha value is -3.26. The third kappa shape index (κ3) is 5.87. The van der Waals surface area contributed by atoms with Gasteiger partial charge in [0.25, 0.3) is 0 Å². The zero-order valence-corrected chi connectivity index (χ0v) is 17.4. The van der Waals surface area contributed by atoms with Gasteiger partial charge in [-0.1, -0.05) is 48.6 Å². The molecule has 0 radical (unpaired) electrons. The summed E-state index contributed by atoms with van der Waals surface area (Å²) in [6, 6.07) is 12.9. The summed E-state index contributed by atoms with van der Waals surface area (Å²) in [6.45, 7) is 3.06. The van der Waals surface area contributed by atoms with Gasteiger partial charge in [-0.2, -0.15) is 0 Å². The number of aromatic nitrogens is 1. The Balaban J connectivity index is 1.41. The van der Waals surface area contributed by atoms with E-state index in [-0.39, 0.29) is 5.78 Å². The lowest BCUT2D eigenvalue weighted by molar-refractivity contribution is 0.104. The fourth-order valence-electron chi connectivity index (χ4n) is 2.87. The minimum Gasteiger partial charge on any atom is -0.361 e.